The lowest BCUT2D eigenvalue weighted by atomic mass is 10.3. The van der Waals surface area contributed by atoms with Crippen molar-refractivity contribution < 1.29 is 4.74 Å². The van der Waals surface area contributed by atoms with Crippen LogP contribution in [0.1, 0.15) is 0 Å². The average molecular weight is 428 g/mol. The molecule has 1 aromatic carbocycles. The van der Waals surface area contributed by atoms with Crippen LogP contribution in [0.25, 0.3) is 0 Å². The molecule has 2 rings (SSSR count). The molecule has 1 N–H and O–H groups in total. The molecule has 19 heavy (non-hydrogen) atoms. The smallest absolute Gasteiger partial charge is 0.175 e. The average Bonchev–Trinajstić information content (AvgIpc) is 2.37. The third kappa shape index (κ3) is 3.51. The maximum absolute atomic E-state index is 5.95. The Kier molecular flexibility index (Phi) is 4.89. The first kappa shape index (κ1) is 14.8. The zero-order chi connectivity index (χ0) is 14.0. The van der Waals surface area contributed by atoms with Crippen molar-refractivity contribution in [2.45, 2.75) is 0 Å². The second-order valence-corrected chi connectivity index (χ2v) is 5.92. The minimum absolute atomic E-state index is 0.234. The number of methoxy groups -OCH3 is 1. The van der Waals surface area contributed by atoms with Gasteiger partial charge < -0.3 is 10.1 Å². The number of nitrogens with zero attached hydrogens (tertiary/aromatic N) is 2. The summed E-state index contributed by atoms with van der Waals surface area (Å²) in [5, 5.41) is 11.0. The fourth-order valence-electron chi connectivity index (χ4n) is 1.37. The summed E-state index contributed by atoms with van der Waals surface area (Å²) in [6.07, 6.45) is 0. The lowest BCUT2D eigenvalue weighted by molar-refractivity contribution is 0.412. The van der Waals surface area contributed by atoms with Gasteiger partial charge in [0.2, 0.25) is 0 Å². The van der Waals surface area contributed by atoms with Gasteiger partial charge in [0.1, 0.15) is 5.75 Å². The molecule has 8 heteroatoms. The quantitative estimate of drug-likeness (QED) is 0.743. The van der Waals surface area contributed by atoms with Gasteiger partial charge in [-0.25, -0.2) is 0 Å². The topological polar surface area (TPSA) is 47.0 Å². The fourth-order valence-corrected chi connectivity index (χ4v) is 2.91. The van der Waals surface area contributed by atoms with Crippen molar-refractivity contribution in [3.8, 4) is 5.75 Å². The molecule has 0 saturated heterocycles. The van der Waals surface area contributed by atoms with Crippen LogP contribution in [-0.4, -0.2) is 17.3 Å². The molecular weight excluding hydrogens is 421 g/mol. The Labute approximate surface area is 136 Å². The SMILES string of the molecule is COc1cc(Nc2cc(Cl)nnc2Cl)c(Br)cc1Br. The molecule has 0 saturated carbocycles. The third-order valence-electron chi connectivity index (χ3n) is 2.23. The summed E-state index contributed by atoms with van der Waals surface area (Å²) in [5.41, 5.74) is 1.33. The first-order valence-electron chi connectivity index (χ1n) is 5.00. The number of halogens is 4. The molecule has 0 atom stereocenters. The summed E-state index contributed by atoms with van der Waals surface area (Å²) in [5.74, 6) is 0.690. The van der Waals surface area contributed by atoms with E-state index in [2.05, 4.69) is 47.4 Å². The van der Waals surface area contributed by atoms with Crippen molar-refractivity contribution in [3.05, 3.63) is 37.5 Å². The summed E-state index contributed by atoms with van der Waals surface area (Å²) >= 11 is 18.6. The van der Waals surface area contributed by atoms with Gasteiger partial charge >= 0.3 is 0 Å². The van der Waals surface area contributed by atoms with E-state index in [9.17, 15) is 0 Å². The molecule has 0 fully saturated rings. The lowest BCUT2D eigenvalue weighted by Gasteiger charge is -2.12. The van der Waals surface area contributed by atoms with Crippen molar-refractivity contribution in [1.82, 2.24) is 10.2 Å². The Morgan fingerprint density at radius 2 is 1.79 bits per heavy atom. The molecule has 0 radical (unpaired) electrons. The minimum atomic E-state index is 0.234. The summed E-state index contributed by atoms with van der Waals surface area (Å²) in [6, 6.07) is 5.28. The van der Waals surface area contributed by atoms with E-state index >= 15 is 0 Å². The van der Waals surface area contributed by atoms with Gasteiger partial charge in [0.25, 0.3) is 0 Å². The molecule has 4 nitrogen and oxygen atoms in total. The van der Waals surface area contributed by atoms with Crippen LogP contribution in [0.15, 0.2) is 27.1 Å². The van der Waals surface area contributed by atoms with E-state index in [0.717, 1.165) is 14.6 Å². The zero-order valence-electron chi connectivity index (χ0n) is 9.55. The van der Waals surface area contributed by atoms with Gasteiger partial charge in [-0.05, 0) is 37.9 Å². The highest BCUT2D eigenvalue weighted by Gasteiger charge is 2.10. The van der Waals surface area contributed by atoms with E-state index in [4.69, 9.17) is 27.9 Å². The molecule has 1 aromatic heterocycles. The maximum Gasteiger partial charge on any atom is 0.175 e. The zero-order valence-corrected chi connectivity index (χ0v) is 14.2. The highest BCUT2D eigenvalue weighted by atomic mass is 79.9. The number of benzene rings is 1. The summed E-state index contributed by atoms with van der Waals surface area (Å²) in [4.78, 5) is 0. The van der Waals surface area contributed by atoms with Crippen molar-refractivity contribution >= 4 is 66.4 Å². The van der Waals surface area contributed by atoms with Crippen molar-refractivity contribution in [2.24, 2.45) is 0 Å². The molecule has 0 aliphatic carbocycles. The molecule has 0 bridgehead atoms. The molecule has 0 aliphatic heterocycles. The summed E-state index contributed by atoms with van der Waals surface area (Å²) < 4.78 is 6.91. The van der Waals surface area contributed by atoms with Crippen LogP contribution in [0, 0.1) is 0 Å². The second kappa shape index (κ2) is 6.26. The number of ether oxygens (including phenoxy) is 1. The number of nitrogens with one attached hydrogen (secondary N) is 1. The Morgan fingerprint density at radius 3 is 2.47 bits per heavy atom. The number of anilines is 2. The number of aromatic nitrogens is 2. The highest BCUT2D eigenvalue weighted by Crippen LogP contribution is 2.37. The van der Waals surface area contributed by atoms with Crippen LogP contribution < -0.4 is 10.1 Å². The first-order valence-corrected chi connectivity index (χ1v) is 7.34. The van der Waals surface area contributed by atoms with Gasteiger partial charge in [-0.1, -0.05) is 23.2 Å². The largest absolute Gasteiger partial charge is 0.495 e. The Hall–Kier alpha value is -0.560. The minimum Gasteiger partial charge on any atom is -0.495 e. The van der Waals surface area contributed by atoms with Gasteiger partial charge in [0.15, 0.2) is 10.3 Å². The summed E-state index contributed by atoms with van der Waals surface area (Å²) in [6.45, 7) is 0. The van der Waals surface area contributed by atoms with Crippen LogP contribution in [0.5, 0.6) is 5.75 Å². The molecule has 0 amide bonds. The molecule has 0 spiro atoms. The molecule has 0 unspecified atom stereocenters. The Balaban J connectivity index is 2.40. The lowest BCUT2D eigenvalue weighted by Crippen LogP contribution is -1.97. The summed E-state index contributed by atoms with van der Waals surface area (Å²) in [7, 11) is 1.59. The number of hydrogen-bond donors (Lipinski definition) is 1. The first-order chi connectivity index (χ1) is 9.01. The molecule has 100 valence electrons. The van der Waals surface area contributed by atoms with Crippen LogP contribution in [-0.2, 0) is 0 Å². The number of rotatable bonds is 3. The molecule has 1 heterocycles. The standard InChI is InChI=1S/C11H7Br2Cl2N3O/c1-19-9-3-7(5(12)2-6(9)13)16-8-4-10(14)17-18-11(8)15/h2-4H,1H3,(H,16,17). The molecule has 0 aliphatic rings. The van der Waals surface area contributed by atoms with E-state index in [0.29, 0.717) is 11.4 Å². The van der Waals surface area contributed by atoms with Crippen LogP contribution in [0.3, 0.4) is 0 Å². The van der Waals surface area contributed by atoms with Gasteiger partial charge in [0.05, 0.1) is 23.0 Å². The van der Waals surface area contributed by atoms with E-state index in [-0.39, 0.29) is 10.3 Å². The van der Waals surface area contributed by atoms with Crippen LogP contribution >= 0.6 is 55.1 Å². The molecular formula is C11H7Br2Cl2N3O. The third-order valence-corrected chi connectivity index (χ3v) is 3.97. The van der Waals surface area contributed by atoms with E-state index in [1.807, 2.05) is 12.1 Å². The van der Waals surface area contributed by atoms with Gasteiger partial charge in [-0.2, -0.15) is 0 Å². The van der Waals surface area contributed by atoms with Gasteiger partial charge in [-0.3, -0.25) is 0 Å². The van der Waals surface area contributed by atoms with Crippen molar-refractivity contribution in [3.63, 3.8) is 0 Å². The van der Waals surface area contributed by atoms with Crippen LogP contribution in [0.4, 0.5) is 11.4 Å². The Morgan fingerprint density at radius 1 is 1.05 bits per heavy atom. The maximum atomic E-state index is 5.95. The predicted octanol–water partition coefficient (Wildman–Crippen LogP) is 5.06. The fraction of sp³-hybridized carbons (Fsp3) is 0.0909. The van der Waals surface area contributed by atoms with Crippen LogP contribution in [0.2, 0.25) is 10.3 Å². The van der Waals surface area contributed by atoms with Crippen molar-refractivity contribution in [1.29, 1.82) is 0 Å². The Bertz CT molecular complexity index is 625. The normalized spacial score (nSPS) is 10.4. The van der Waals surface area contributed by atoms with E-state index < -0.39 is 0 Å². The van der Waals surface area contributed by atoms with Crippen molar-refractivity contribution in [2.75, 3.05) is 12.4 Å². The highest BCUT2D eigenvalue weighted by molar-refractivity contribution is 9.11. The second-order valence-electron chi connectivity index (χ2n) is 3.46. The van der Waals surface area contributed by atoms with Gasteiger partial charge in [-0.15, -0.1) is 10.2 Å². The van der Waals surface area contributed by atoms with E-state index in [1.165, 1.54) is 0 Å². The predicted molar refractivity (Wildman–Crippen MR) is 83.7 cm³/mol. The number of hydrogen-bond acceptors (Lipinski definition) is 4. The van der Waals surface area contributed by atoms with Gasteiger partial charge in [0, 0.05) is 16.6 Å². The van der Waals surface area contributed by atoms with E-state index in [1.54, 1.807) is 13.2 Å². The molecule has 2 aromatic rings. The monoisotopic (exact) mass is 425 g/mol.